The molecule has 2 rings (SSSR count). The molecule has 1 fully saturated rings. The second kappa shape index (κ2) is 4.58. The number of hydrogen-bond donors (Lipinski definition) is 3. The highest BCUT2D eigenvalue weighted by Crippen LogP contribution is 2.26. The van der Waals surface area contributed by atoms with Crippen molar-refractivity contribution in [2.45, 2.75) is 18.7 Å². The van der Waals surface area contributed by atoms with Gasteiger partial charge in [-0.2, -0.15) is 5.10 Å². The summed E-state index contributed by atoms with van der Waals surface area (Å²) in [6.07, 6.45) is 0. The van der Waals surface area contributed by atoms with Crippen LogP contribution in [0.2, 0.25) is 0 Å². The molecular formula is C10H15N3O5S. The molecule has 1 aliphatic heterocycles. The summed E-state index contributed by atoms with van der Waals surface area (Å²) >= 11 is 0. The fourth-order valence-electron chi connectivity index (χ4n) is 1.79. The molecule has 19 heavy (non-hydrogen) atoms. The smallest absolute Gasteiger partial charge is 0.357 e. The molecule has 1 aromatic heterocycles. The van der Waals surface area contributed by atoms with E-state index in [1.165, 1.54) is 6.92 Å². The number of hydrogen-bond acceptors (Lipinski definition) is 5. The Kier molecular flexibility index (Phi) is 3.37. The van der Waals surface area contributed by atoms with Crippen molar-refractivity contribution in [3.63, 3.8) is 0 Å². The van der Waals surface area contributed by atoms with Crippen molar-refractivity contribution in [3.05, 3.63) is 11.4 Å². The molecule has 0 atom stereocenters. The van der Waals surface area contributed by atoms with Crippen molar-refractivity contribution in [3.8, 4) is 0 Å². The van der Waals surface area contributed by atoms with Crippen molar-refractivity contribution in [2.24, 2.45) is 5.41 Å². The third-order valence-electron chi connectivity index (χ3n) is 2.95. The first-order chi connectivity index (χ1) is 8.75. The highest BCUT2D eigenvalue weighted by molar-refractivity contribution is 7.89. The van der Waals surface area contributed by atoms with Gasteiger partial charge in [-0.3, -0.25) is 5.10 Å². The zero-order valence-electron chi connectivity index (χ0n) is 10.6. The number of rotatable bonds is 5. The first-order valence-electron chi connectivity index (χ1n) is 5.61. The number of aromatic amines is 1. The minimum absolute atomic E-state index is 0.193. The molecule has 1 aromatic rings. The van der Waals surface area contributed by atoms with Crippen LogP contribution in [-0.4, -0.2) is 49.4 Å². The van der Waals surface area contributed by atoms with E-state index in [0.717, 1.165) is 0 Å². The number of sulfonamides is 1. The second-order valence-electron chi connectivity index (χ2n) is 4.96. The van der Waals surface area contributed by atoms with E-state index >= 15 is 0 Å². The largest absolute Gasteiger partial charge is 0.476 e. The van der Waals surface area contributed by atoms with Crippen LogP contribution in [0, 0.1) is 12.3 Å². The van der Waals surface area contributed by atoms with Crippen molar-refractivity contribution >= 4 is 16.0 Å². The molecule has 2 heterocycles. The van der Waals surface area contributed by atoms with Gasteiger partial charge in [0.25, 0.3) is 0 Å². The fourth-order valence-corrected chi connectivity index (χ4v) is 3.31. The number of carboxylic acids is 1. The van der Waals surface area contributed by atoms with Crippen molar-refractivity contribution in [1.29, 1.82) is 0 Å². The lowest BCUT2D eigenvalue weighted by atomic mass is 9.89. The maximum Gasteiger partial charge on any atom is 0.357 e. The van der Waals surface area contributed by atoms with Gasteiger partial charge in [0.1, 0.15) is 4.90 Å². The van der Waals surface area contributed by atoms with E-state index in [1.807, 2.05) is 6.92 Å². The van der Waals surface area contributed by atoms with Gasteiger partial charge in [0.15, 0.2) is 5.69 Å². The lowest BCUT2D eigenvalue weighted by molar-refractivity contribution is -0.0965. The van der Waals surface area contributed by atoms with Gasteiger partial charge in [0, 0.05) is 12.0 Å². The topological polar surface area (TPSA) is 121 Å². The molecule has 0 aliphatic carbocycles. The Morgan fingerprint density at radius 3 is 2.68 bits per heavy atom. The van der Waals surface area contributed by atoms with Crippen LogP contribution in [0.25, 0.3) is 0 Å². The van der Waals surface area contributed by atoms with Gasteiger partial charge in [-0.25, -0.2) is 17.9 Å². The van der Waals surface area contributed by atoms with E-state index in [-0.39, 0.29) is 22.5 Å². The van der Waals surface area contributed by atoms with Gasteiger partial charge in [0.2, 0.25) is 10.0 Å². The number of ether oxygens (including phenoxy) is 1. The minimum atomic E-state index is -3.91. The van der Waals surface area contributed by atoms with Crippen LogP contribution in [0.4, 0.5) is 0 Å². The summed E-state index contributed by atoms with van der Waals surface area (Å²) in [5, 5.41) is 14.8. The summed E-state index contributed by atoms with van der Waals surface area (Å²) in [4.78, 5) is 10.6. The summed E-state index contributed by atoms with van der Waals surface area (Å²) in [5.41, 5.74) is -0.548. The van der Waals surface area contributed by atoms with E-state index < -0.39 is 21.7 Å². The summed E-state index contributed by atoms with van der Waals surface area (Å²) in [7, 11) is -3.91. The molecule has 3 N–H and O–H groups in total. The Bertz CT molecular complexity index is 603. The van der Waals surface area contributed by atoms with Gasteiger partial charge < -0.3 is 9.84 Å². The number of nitrogens with one attached hydrogen (secondary N) is 2. The Morgan fingerprint density at radius 2 is 2.21 bits per heavy atom. The van der Waals surface area contributed by atoms with Gasteiger partial charge in [-0.1, -0.05) is 6.92 Å². The first-order valence-corrected chi connectivity index (χ1v) is 7.09. The minimum Gasteiger partial charge on any atom is -0.476 e. The van der Waals surface area contributed by atoms with E-state index in [9.17, 15) is 13.2 Å². The number of carboxylic acid groups (broad SMARTS) is 1. The molecule has 0 radical (unpaired) electrons. The molecule has 1 saturated heterocycles. The van der Waals surface area contributed by atoms with Crippen LogP contribution in [0.15, 0.2) is 4.90 Å². The maximum atomic E-state index is 12.2. The van der Waals surface area contributed by atoms with Gasteiger partial charge in [-0.05, 0) is 6.92 Å². The maximum absolute atomic E-state index is 12.2. The molecule has 9 heteroatoms. The van der Waals surface area contributed by atoms with E-state index in [0.29, 0.717) is 13.2 Å². The molecule has 0 bridgehead atoms. The van der Waals surface area contributed by atoms with E-state index in [4.69, 9.17) is 9.84 Å². The zero-order valence-corrected chi connectivity index (χ0v) is 11.4. The average molecular weight is 289 g/mol. The monoisotopic (exact) mass is 289 g/mol. The Labute approximate surface area is 110 Å². The molecule has 0 amide bonds. The van der Waals surface area contributed by atoms with Gasteiger partial charge in [0.05, 0.1) is 18.9 Å². The Morgan fingerprint density at radius 1 is 1.58 bits per heavy atom. The molecule has 0 spiro atoms. The molecular weight excluding hydrogens is 274 g/mol. The van der Waals surface area contributed by atoms with Crippen LogP contribution in [-0.2, 0) is 14.8 Å². The van der Waals surface area contributed by atoms with Crippen LogP contribution in [0.1, 0.15) is 23.1 Å². The summed E-state index contributed by atoms with van der Waals surface area (Å²) in [5.74, 6) is -1.39. The lowest BCUT2D eigenvalue weighted by Gasteiger charge is -2.37. The number of aryl methyl sites for hydroxylation is 1. The van der Waals surface area contributed by atoms with Crippen LogP contribution in [0.5, 0.6) is 0 Å². The first kappa shape index (κ1) is 14.0. The number of aromatic nitrogens is 2. The number of nitrogens with zero attached hydrogens (tertiary/aromatic N) is 1. The van der Waals surface area contributed by atoms with E-state index in [2.05, 4.69) is 14.9 Å². The SMILES string of the molecule is Cc1[nH]nc(C(=O)O)c1S(=O)(=O)NCC1(C)COC1. The Balaban J connectivity index is 2.24. The van der Waals surface area contributed by atoms with Crippen LogP contribution < -0.4 is 4.72 Å². The molecule has 8 nitrogen and oxygen atoms in total. The second-order valence-corrected chi connectivity index (χ2v) is 6.66. The normalized spacial score (nSPS) is 18.0. The van der Waals surface area contributed by atoms with E-state index in [1.54, 1.807) is 0 Å². The highest BCUT2D eigenvalue weighted by atomic mass is 32.2. The third-order valence-corrected chi connectivity index (χ3v) is 4.51. The molecule has 0 aromatic carbocycles. The standard InChI is InChI=1S/C10H15N3O5S/c1-6-8(7(9(14)15)13-12-6)19(16,17)11-3-10(2)4-18-5-10/h11H,3-5H2,1-2H3,(H,12,13)(H,14,15). The predicted molar refractivity (Wildman–Crippen MR) is 64.4 cm³/mol. The van der Waals surface area contributed by atoms with Crippen molar-refractivity contribution in [1.82, 2.24) is 14.9 Å². The molecule has 106 valence electrons. The number of H-pyrrole nitrogens is 1. The number of aromatic carboxylic acids is 1. The van der Waals surface area contributed by atoms with Crippen LogP contribution in [0.3, 0.4) is 0 Å². The van der Waals surface area contributed by atoms with Crippen molar-refractivity contribution < 1.29 is 23.1 Å². The third kappa shape index (κ3) is 2.62. The van der Waals surface area contributed by atoms with Crippen LogP contribution >= 0.6 is 0 Å². The molecule has 1 aliphatic rings. The summed E-state index contributed by atoms with van der Waals surface area (Å²) in [6.45, 7) is 4.50. The summed E-state index contributed by atoms with van der Waals surface area (Å²) < 4.78 is 31.7. The Hall–Kier alpha value is -1.45. The highest BCUT2D eigenvalue weighted by Gasteiger charge is 2.36. The quantitative estimate of drug-likeness (QED) is 0.686. The predicted octanol–water partition coefficient (Wildman–Crippen LogP) is -0.269. The van der Waals surface area contributed by atoms with Gasteiger partial charge >= 0.3 is 5.97 Å². The zero-order chi connectivity index (χ0) is 14.3. The average Bonchev–Trinajstić information content (AvgIpc) is 2.67. The van der Waals surface area contributed by atoms with Gasteiger partial charge in [-0.15, -0.1) is 0 Å². The van der Waals surface area contributed by atoms with Crippen molar-refractivity contribution in [2.75, 3.05) is 19.8 Å². The lowest BCUT2D eigenvalue weighted by Crippen LogP contribution is -2.48. The molecule has 0 unspecified atom stereocenters. The molecule has 0 saturated carbocycles. The summed E-state index contributed by atoms with van der Waals surface area (Å²) in [6, 6.07) is 0. The fraction of sp³-hybridized carbons (Fsp3) is 0.600. The number of carbonyl (C=O) groups is 1.